The topological polar surface area (TPSA) is 54.0 Å². The number of fused-ring (bicyclic) bond motifs is 1. The molecule has 0 spiro atoms. The summed E-state index contributed by atoms with van der Waals surface area (Å²) in [5, 5.41) is 6.43. The van der Waals surface area contributed by atoms with Gasteiger partial charge < -0.3 is 10.6 Å². The van der Waals surface area contributed by atoms with Crippen molar-refractivity contribution >= 4 is 34.8 Å². The molecule has 2 rings (SSSR count). The fraction of sp³-hybridized carbons (Fsp3) is 0.667. The van der Waals surface area contributed by atoms with Gasteiger partial charge >= 0.3 is 0 Å². The smallest absolute Gasteiger partial charge is 0.240 e. The molecule has 0 saturated carbocycles. The number of hydrogen-bond acceptors (Lipinski definition) is 4. The van der Waals surface area contributed by atoms with Gasteiger partial charge in [-0.3, -0.25) is 4.79 Å². The Bertz CT molecular complexity index is 408. The highest BCUT2D eigenvalue weighted by molar-refractivity contribution is 7.15. The number of aromatic nitrogens is 1. The summed E-state index contributed by atoms with van der Waals surface area (Å²) in [7, 11) is 1.76. The van der Waals surface area contributed by atoms with Crippen molar-refractivity contribution in [3.05, 3.63) is 10.6 Å². The molecule has 0 aliphatic heterocycles. The van der Waals surface area contributed by atoms with Crippen LogP contribution in [-0.4, -0.2) is 24.5 Å². The number of aryl methyl sites for hydroxylation is 1. The minimum atomic E-state index is -0.0226. The molecule has 2 N–H and O–H groups in total. The van der Waals surface area contributed by atoms with Crippen molar-refractivity contribution in [2.75, 3.05) is 18.9 Å². The van der Waals surface area contributed by atoms with Crippen LogP contribution < -0.4 is 10.6 Å². The van der Waals surface area contributed by atoms with E-state index in [1.165, 1.54) is 23.4 Å². The standard InChI is InChI=1S/C12H19N3OS.ClH/c1-3-8-4-5-9-10(6-8)17-12(14-9)15-11(16)7-13-2;/h8,13H,3-7H2,1-2H3,(H,14,15,16);1H. The largest absolute Gasteiger partial charge is 0.311 e. The fourth-order valence-corrected chi connectivity index (χ4v) is 3.31. The number of likely N-dealkylation sites (N-methyl/N-ethyl adjacent to an activating group) is 1. The van der Waals surface area contributed by atoms with E-state index >= 15 is 0 Å². The van der Waals surface area contributed by atoms with E-state index in [1.807, 2.05) is 0 Å². The summed E-state index contributed by atoms with van der Waals surface area (Å²) < 4.78 is 0. The maximum atomic E-state index is 11.4. The summed E-state index contributed by atoms with van der Waals surface area (Å²) in [6, 6.07) is 0. The molecule has 1 amide bonds. The van der Waals surface area contributed by atoms with E-state index < -0.39 is 0 Å². The number of thiazole rings is 1. The molecule has 0 bridgehead atoms. The van der Waals surface area contributed by atoms with Gasteiger partial charge in [-0.1, -0.05) is 13.3 Å². The summed E-state index contributed by atoms with van der Waals surface area (Å²) in [5.41, 5.74) is 1.19. The molecule has 1 aromatic heterocycles. The lowest BCUT2D eigenvalue weighted by molar-refractivity contribution is -0.115. The van der Waals surface area contributed by atoms with Crippen LogP contribution in [0.1, 0.15) is 30.3 Å². The monoisotopic (exact) mass is 289 g/mol. The molecule has 1 unspecified atom stereocenters. The summed E-state index contributed by atoms with van der Waals surface area (Å²) in [6.07, 6.45) is 4.66. The number of carbonyl (C=O) groups is 1. The highest BCUT2D eigenvalue weighted by Gasteiger charge is 2.21. The van der Waals surface area contributed by atoms with Crippen LogP contribution in [-0.2, 0) is 17.6 Å². The summed E-state index contributed by atoms with van der Waals surface area (Å²) in [5.74, 6) is 0.773. The van der Waals surface area contributed by atoms with Gasteiger partial charge in [-0.15, -0.1) is 23.7 Å². The van der Waals surface area contributed by atoms with Crippen LogP contribution in [0.15, 0.2) is 0 Å². The second-order valence-electron chi connectivity index (χ2n) is 4.48. The van der Waals surface area contributed by atoms with Crippen molar-refractivity contribution in [2.45, 2.75) is 32.6 Å². The Hall–Kier alpha value is -0.650. The Labute approximate surface area is 118 Å². The number of amides is 1. The highest BCUT2D eigenvalue weighted by Crippen LogP contribution is 2.33. The quantitative estimate of drug-likeness (QED) is 0.894. The number of carbonyl (C=O) groups excluding carboxylic acids is 1. The minimum Gasteiger partial charge on any atom is -0.311 e. The predicted molar refractivity (Wildman–Crippen MR) is 77.7 cm³/mol. The molecule has 0 aromatic carbocycles. The second kappa shape index (κ2) is 7.07. The first-order valence-corrected chi connectivity index (χ1v) is 6.97. The number of nitrogens with one attached hydrogen (secondary N) is 2. The zero-order valence-electron chi connectivity index (χ0n) is 10.8. The molecule has 0 saturated heterocycles. The first kappa shape index (κ1) is 15.4. The van der Waals surface area contributed by atoms with Gasteiger partial charge in [0.25, 0.3) is 0 Å². The molecule has 6 heteroatoms. The van der Waals surface area contributed by atoms with Crippen molar-refractivity contribution in [3.8, 4) is 0 Å². The molecule has 1 aliphatic rings. The zero-order valence-corrected chi connectivity index (χ0v) is 12.4. The lowest BCUT2D eigenvalue weighted by Crippen LogP contribution is -2.24. The number of nitrogens with zero attached hydrogens (tertiary/aromatic N) is 1. The molecule has 18 heavy (non-hydrogen) atoms. The van der Waals surface area contributed by atoms with E-state index in [9.17, 15) is 4.79 Å². The Kier molecular flexibility index (Phi) is 6.05. The van der Waals surface area contributed by atoms with E-state index in [1.54, 1.807) is 18.4 Å². The van der Waals surface area contributed by atoms with Crippen LogP contribution in [0, 0.1) is 5.92 Å². The van der Waals surface area contributed by atoms with Crippen LogP contribution in [0.4, 0.5) is 5.13 Å². The molecule has 1 heterocycles. The third kappa shape index (κ3) is 3.67. The van der Waals surface area contributed by atoms with Gasteiger partial charge in [0.05, 0.1) is 12.2 Å². The van der Waals surface area contributed by atoms with Gasteiger partial charge in [-0.25, -0.2) is 4.98 Å². The van der Waals surface area contributed by atoms with Crippen molar-refractivity contribution in [3.63, 3.8) is 0 Å². The Balaban J connectivity index is 0.00000162. The van der Waals surface area contributed by atoms with Crippen molar-refractivity contribution in [2.24, 2.45) is 5.92 Å². The lowest BCUT2D eigenvalue weighted by Gasteiger charge is -2.18. The zero-order chi connectivity index (χ0) is 12.3. The average Bonchev–Trinajstić information content (AvgIpc) is 2.69. The third-order valence-corrected chi connectivity index (χ3v) is 4.24. The van der Waals surface area contributed by atoms with E-state index in [2.05, 4.69) is 22.5 Å². The number of hydrogen-bond donors (Lipinski definition) is 2. The normalized spacial score (nSPS) is 17.8. The van der Waals surface area contributed by atoms with Crippen molar-refractivity contribution < 1.29 is 4.79 Å². The maximum Gasteiger partial charge on any atom is 0.240 e. The molecule has 0 fully saturated rings. The molecule has 1 aliphatic carbocycles. The first-order valence-electron chi connectivity index (χ1n) is 6.16. The first-order chi connectivity index (χ1) is 8.22. The van der Waals surface area contributed by atoms with E-state index in [0.29, 0.717) is 6.54 Å². The lowest BCUT2D eigenvalue weighted by atomic mass is 9.89. The second-order valence-corrected chi connectivity index (χ2v) is 5.57. The third-order valence-electron chi connectivity index (χ3n) is 3.20. The van der Waals surface area contributed by atoms with Crippen LogP contribution in [0.2, 0.25) is 0 Å². The van der Waals surface area contributed by atoms with Crippen LogP contribution >= 0.6 is 23.7 Å². The van der Waals surface area contributed by atoms with Gasteiger partial charge in [0.15, 0.2) is 5.13 Å². The molecular weight excluding hydrogens is 270 g/mol. The number of rotatable bonds is 4. The minimum absolute atomic E-state index is 0. The van der Waals surface area contributed by atoms with E-state index in [-0.39, 0.29) is 18.3 Å². The Morgan fingerprint density at radius 2 is 2.33 bits per heavy atom. The van der Waals surface area contributed by atoms with Crippen LogP contribution in [0.5, 0.6) is 0 Å². The molecular formula is C12H20ClN3OS. The summed E-state index contributed by atoms with van der Waals surface area (Å²) >= 11 is 1.64. The molecule has 102 valence electrons. The Morgan fingerprint density at radius 1 is 1.56 bits per heavy atom. The number of anilines is 1. The van der Waals surface area contributed by atoms with Crippen LogP contribution in [0.3, 0.4) is 0 Å². The van der Waals surface area contributed by atoms with Gasteiger partial charge in [-0.2, -0.15) is 0 Å². The number of halogens is 1. The highest BCUT2D eigenvalue weighted by atomic mass is 35.5. The van der Waals surface area contributed by atoms with Gasteiger partial charge in [0.1, 0.15) is 0 Å². The van der Waals surface area contributed by atoms with E-state index in [0.717, 1.165) is 23.9 Å². The van der Waals surface area contributed by atoms with Crippen molar-refractivity contribution in [1.29, 1.82) is 0 Å². The van der Waals surface area contributed by atoms with Gasteiger partial charge in [0.2, 0.25) is 5.91 Å². The molecule has 1 aromatic rings. The van der Waals surface area contributed by atoms with E-state index in [4.69, 9.17) is 0 Å². The van der Waals surface area contributed by atoms with Crippen LogP contribution in [0.25, 0.3) is 0 Å². The molecule has 4 nitrogen and oxygen atoms in total. The average molecular weight is 290 g/mol. The molecule has 1 atom stereocenters. The fourth-order valence-electron chi connectivity index (χ4n) is 2.17. The van der Waals surface area contributed by atoms with Crippen molar-refractivity contribution in [1.82, 2.24) is 10.3 Å². The maximum absolute atomic E-state index is 11.4. The molecule has 0 radical (unpaired) electrons. The van der Waals surface area contributed by atoms with Gasteiger partial charge in [-0.05, 0) is 32.2 Å². The SMILES string of the molecule is CCC1CCc2nc(NC(=O)CNC)sc2C1.Cl. The van der Waals surface area contributed by atoms with Gasteiger partial charge in [0, 0.05) is 4.88 Å². The predicted octanol–water partition coefficient (Wildman–Crippen LogP) is 2.24. The summed E-state index contributed by atoms with van der Waals surface area (Å²) in [4.78, 5) is 17.3. The Morgan fingerprint density at radius 3 is 3.00 bits per heavy atom. The summed E-state index contributed by atoms with van der Waals surface area (Å²) in [6.45, 7) is 2.58.